The molecule has 0 N–H and O–H groups in total. The average molecular weight is 336 g/mol. The zero-order valence-corrected chi connectivity index (χ0v) is 13.5. The highest BCUT2D eigenvalue weighted by atomic mass is 16.5. The predicted octanol–water partition coefficient (Wildman–Crippen LogP) is 2.96. The maximum atomic E-state index is 12.5. The number of rotatable bonds is 3. The molecule has 1 aliphatic heterocycles. The van der Waals surface area contributed by atoms with Crippen LogP contribution < -0.4 is 4.90 Å². The van der Waals surface area contributed by atoms with Crippen LogP contribution in [-0.4, -0.2) is 30.0 Å². The molecule has 0 radical (unpaired) electrons. The Morgan fingerprint density at radius 1 is 1.20 bits per heavy atom. The predicted molar refractivity (Wildman–Crippen MR) is 91.4 cm³/mol. The van der Waals surface area contributed by atoms with Gasteiger partial charge >= 0.3 is 5.97 Å². The van der Waals surface area contributed by atoms with Gasteiger partial charge in [-0.15, -0.1) is 0 Å². The van der Waals surface area contributed by atoms with E-state index in [9.17, 15) is 9.59 Å². The first kappa shape index (κ1) is 15.4. The van der Waals surface area contributed by atoms with Crippen molar-refractivity contribution in [1.82, 2.24) is 4.98 Å². The number of aryl methyl sites for hydroxylation is 1. The van der Waals surface area contributed by atoms with Crippen LogP contribution >= 0.6 is 0 Å². The van der Waals surface area contributed by atoms with Crippen molar-refractivity contribution in [2.75, 3.05) is 18.1 Å². The van der Waals surface area contributed by atoms with Gasteiger partial charge in [0.05, 0.1) is 5.56 Å². The lowest BCUT2D eigenvalue weighted by atomic mass is 10.0. The number of para-hydroxylation sites is 1. The van der Waals surface area contributed by atoms with Crippen LogP contribution in [0.15, 0.2) is 53.3 Å². The molecule has 1 amide bonds. The van der Waals surface area contributed by atoms with Gasteiger partial charge in [-0.2, -0.15) is 0 Å². The highest BCUT2D eigenvalue weighted by Crippen LogP contribution is 2.26. The Morgan fingerprint density at radius 3 is 3.00 bits per heavy atom. The molecule has 0 aliphatic carbocycles. The van der Waals surface area contributed by atoms with Gasteiger partial charge in [0.25, 0.3) is 5.91 Å². The van der Waals surface area contributed by atoms with E-state index in [1.54, 1.807) is 23.1 Å². The van der Waals surface area contributed by atoms with Gasteiger partial charge in [0.1, 0.15) is 5.52 Å². The van der Waals surface area contributed by atoms with Crippen LogP contribution in [0.4, 0.5) is 5.69 Å². The van der Waals surface area contributed by atoms with Gasteiger partial charge in [-0.1, -0.05) is 18.2 Å². The van der Waals surface area contributed by atoms with Crippen LogP contribution in [0.5, 0.6) is 0 Å². The summed E-state index contributed by atoms with van der Waals surface area (Å²) >= 11 is 0. The minimum absolute atomic E-state index is 0.219. The largest absolute Gasteiger partial charge is 0.452 e. The Kier molecular flexibility index (Phi) is 3.93. The highest BCUT2D eigenvalue weighted by Gasteiger charge is 2.23. The molecule has 126 valence electrons. The minimum atomic E-state index is -0.552. The Labute approximate surface area is 144 Å². The molecular weight excluding hydrogens is 320 g/mol. The summed E-state index contributed by atoms with van der Waals surface area (Å²) in [5.74, 6) is -0.772. The molecule has 0 unspecified atom stereocenters. The van der Waals surface area contributed by atoms with Gasteiger partial charge in [0.2, 0.25) is 0 Å². The first-order valence-corrected chi connectivity index (χ1v) is 8.11. The number of fused-ring (bicyclic) bond motifs is 2. The molecule has 6 heteroatoms. The summed E-state index contributed by atoms with van der Waals surface area (Å²) in [5.41, 5.74) is 3.56. The molecule has 2 heterocycles. The highest BCUT2D eigenvalue weighted by molar-refractivity contribution is 5.98. The van der Waals surface area contributed by atoms with Gasteiger partial charge in [-0.3, -0.25) is 4.79 Å². The number of hydrogen-bond donors (Lipinski definition) is 0. The second-order valence-corrected chi connectivity index (χ2v) is 5.89. The fraction of sp³-hybridized carbons (Fsp3) is 0.211. The monoisotopic (exact) mass is 336 g/mol. The van der Waals surface area contributed by atoms with E-state index in [4.69, 9.17) is 9.15 Å². The van der Waals surface area contributed by atoms with Crippen molar-refractivity contribution >= 4 is 28.7 Å². The normalized spacial score (nSPS) is 13.5. The van der Waals surface area contributed by atoms with E-state index in [1.165, 1.54) is 6.39 Å². The van der Waals surface area contributed by atoms with Crippen molar-refractivity contribution in [3.8, 4) is 0 Å². The van der Waals surface area contributed by atoms with E-state index in [0.717, 1.165) is 24.1 Å². The maximum Gasteiger partial charge on any atom is 0.338 e. The number of aromatic nitrogens is 1. The molecule has 6 nitrogen and oxygen atoms in total. The molecule has 4 rings (SSSR count). The van der Waals surface area contributed by atoms with Crippen molar-refractivity contribution in [3.63, 3.8) is 0 Å². The minimum Gasteiger partial charge on any atom is -0.452 e. The van der Waals surface area contributed by atoms with Crippen LogP contribution in [0, 0.1) is 0 Å². The van der Waals surface area contributed by atoms with Crippen LogP contribution in [0.1, 0.15) is 22.3 Å². The van der Waals surface area contributed by atoms with Gasteiger partial charge in [-0.05, 0) is 42.7 Å². The second-order valence-electron chi connectivity index (χ2n) is 5.89. The Hall–Kier alpha value is -3.15. The van der Waals surface area contributed by atoms with Gasteiger partial charge in [0.15, 0.2) is 18.6 Å². The number of carbonyl (C=O) groups is 2. The molecule has 0 bridgehead atoms. The Balaban J connectivity index is 1.44. The van der Waals surface area contributed by atoms with Crippen molar-refractivity contribution in [3.05, 3.63) is 60.0 Å². The molecule has 2 aromatic carbocycles. The van der Waals surface area contributed by atoms with Crippen LogP contribution in [0.25, 0.3) is 11.1 Å². The molecule has 0 saturated heterocycles. The third-order valence-corrected chi connectivity index (χ3v) is 4.30. The van der Waals surface area contributed by atoms with Crippen molar-refractivity contribution < 1.29 is 18.7 Å². The van der Waals surface area contributed by atoms with Crippen molar-refractivity contribution in [1.29, 1.82) is 0 Å². The molecule has 0 saturated carbocycles. The molecule has 1 aliphatic rings. The van der Waals surface area contributed by atoms with Gasteiger partial charge in [0, 0.05) is 12.2 Å². The van der Waals surface area contributed by atoms with E-state index in [2.05, 4.69) is 4.98 Å². The lowest BCUT2D eigenvalue weighted by Crippen LogP contribution is -2.38. The summed E-state index contributed by atoms with van der Waals surface area (Å²) in [5, 5.41) is 0. The lowest BCUT2D eigenvalue weighted by Gasteiger charge is -2.29. The van der Waals surface area contributed by atoms with E-state index in [0.29, 0.717) is 23.2 Å². The molecular formula is C19H16N2O4. The van der Waals surface area contributed by atoms with Crippen LogP contribution in [0.2, 0.25) is 0 Å². The summed E-state index contributed by atoms with van der Waals surface area (Å²) in [6, 6.07) is 12.6. The topological polar surface area (TPSA) is 72.6 Å². The molecule has 0 atom stereocenters. The first-order chi connectivity index (χ1) is 12.2. The number of oxazole rings is 1. The van der Waals surface area contributed by atoms with Gasteiger partial charge < -0.3 is 14.1 Å². The van der Waals surface area contributed by atoms with Crippen LogP contribution in [0.3, 0.4) is 0 Å². The SMILES string of the molecule is O=C(OCC(=O)N1CCCc2ccccc21)c1ccc2ocnc2c1. The second kappa shape index (κ2) is 6.39. The fourth-order valence-electron chi connectivity index (χ4n) is 3.07. The molecule has 0 spiro atoms. The number of ether oxygens (including phenoxy) is 1. The van der Waals surface area contributed by atoms with Crippen LogP contribution in [-0.2, 0) is 16.0 Å². The van der Waals surface area contributed by atoms with Gasteiger partial charge in [-0.25, -0.2) is 9.78 Å². The summed E-state index contributed by atoms with van der Waals surface area (Å²) in [7, 11) is 0. The van der Waals surface area contributed by atoms with E-state index >= 15 is 0 Å². The molecule has 1 aromatic heterocycles. The zero-order chi connectivity index (χ0) is 17.2. The summed E-state index contributed by atoms with van der Waals surface area (Å²) in [6.45, 7) is 0.350. The fourth-order valence-corrected chi connectivity index (χ4v) is 3.07. The average Bonchev–Trinajstić information content (AvgIpc) is 3.13. The summed E-state index contributed by atoms with van der Waals surface area (Å²) < 4.78 is 10.3. The summed E-state index contributed by atoms with van der Waals surface area (Å²) in [4.78, 5) is 30.4. The number of esters is 1. The standard InChI is InChI=1S/C19H16N2O4/c22-18(21-9-3-5-13-4-1-2-6-16(13)21)11-24-19(23)14-7-8-17-15(10-14)20-12-25-17/h1-2,4,6-8,10,12H,3,5,9,11H2. The van der Waals surface area contributed by atoms with Crippen molar-refractivity contribution in [2.45, 2.75) is 12.8 Å². The van der Waals surface area contributed by atoms with E-state index in [1.807, 2.05) is 24.3 Å². The number of benzene rings is 2. The number of amides is 1. The van der Waals surface area contributed by atoms with Crippen molar-refractivity contribution in [2.24, 2.45) is 0 Å². The number of anilines is 1. The molecule has 25 heavy (non-hydrogen) atoms. The van der Waals surface area contributed by atoms with E-state index < -0.39 is 5.97 Å². The lowest BCUT2D eigenvalue weighted by molar-refractivity contribution is -0.121. The smallest absolute Gasteiger partial charge is 0.338 e. The Morgan fingerprint density at radius 2 is 2.08 bits per heavy atom. The zero-order valence-electron chi connectivity index (χ0n) is 13.5. The quantitative estimate of drug-likeness (QED) is 0.688. The van der Waals surface area contributed by atoms with E-state index in [-0.39, 0.29) is 12.5 Å². The summed E-state index contributed by atoms with van der Waals surface area (Å²) in [6.07, 6.45) is 3.17. The Bertz CT molecular complexity index is 947. The number of hydrogen-bond acceptors (Lipinski definition) is 5. The number of nitrogens with zero attached hydrogens (tertiary/aromatic N) is 2. The third kappa shape index (κ3) is 2.98. The maximum absolute atomic E-state index is 12.5. The third-order valence-electron chi connectivity index (χ3n) is 4.30. The molecule has 3 aromatic rings. The number of carbonyl (C=O) groups excluding carboxylic acids is 2. The molecule has 0 fully saturated rings. The first-order valence-electron chi connectivity index (χ1n) is 8.11.